The molecule has 0 fully saturated rings. The van der Waals surface area contributed by atoms with Crippen LogP contribution in [0.3, 0.4) is 0 Å². The fraction of sp³-hybridized carbons (Fsp3) is 0.0625. The Morgan fingerprint density at radius 2 is 1.59 bits per heavy atom. The number of hydrogen-bond donors (Lipinski definition) is 1. The number of fused-ring (bicyclic) bond motifs is 1. The van der Waals surface area contributed by atoms with E-state index in [0.29, 0.717) is 0 Å². The lowest BCUT2D eigenvalue weighted by atomic mass is 10.1. The first-order valence-corrected chi connectivity index (χ1v) is 7.67. The molecule has 2 N–H and O–H groups in total. The van der Waals surface area contributed by atoms with Gasteiger partial charge in [-0.2, -0.15) is 9.61 Å². The van der Waals surface area contributed by atoms with E-state index in [-0.39, 0.29) is 0 Å². The number of hydrogen-bond acceptors (Lipinski definition) is 5. The highest BCUT2D eigenvalue weighted by Crippen LogP contribution is 2.28. The largest absolute Gasteiger partial charge is 0.399 e. The molecule has 6 heteroatoms. The van der Waals surface area contributed by atoms with Gasteiger partial charge in [-0.05, 0) is 31.2 Å². The van der Waals surface area contributed by atoms with Crippen LogP contribution in [-0.4, -0.2) is 19.8 Å². The van der Waals surface area contributed by atoms with Crippen molar-refractivity contribution in [3.8, 4) is 22.0 Å². The maximum Gasteiger partial charge on any atom is 0.235 e. The van der Waals surface area contributed by atoms with Crippen molar-refractivity contribution >= 4 is 22.0 Å². The van der Waals surface area contributed by atoms with Crippen LogP contribution in [0.1, 0.15) is 5.56 Å². The molecular formula is C16H13N5S. The molecule has 0 aliphatic carbocycles. The third-order valence-electron chi connectivity index (χ3n) is 3.46. The molecule has 0 saturated heterocycles. The Morgan fingerprint density at radius 1 is 0.909 bits per heavy atom. The van der Waals surface area contributed by atoms with Crippen LogP contribution in [0, 0.1) is 6.92 Å². The fourth-order valence-corrected chi connectivity index (χ4v) is 3.09. The van der Waals surface area contributed by atoms with E-state index < -0.39 is 0 Å². The molecule has 0 radical (unpaired) electrons. The van der Waals surface area contributed by atoms with Crippen molar-refractivity contribution < 1.29 is 0 Å². The predicted molar refractivity (Wildman–Crippen MR) is 88.7 cm³/mol. The molecule has 0 saturated carbocycles. The summed E-state index contributed by atoms with van der Waals surface area (Å²) in [5, 5.41) is 14.0. The van der Waals surface area contributed by atoms with Crippen LogP contribution in [0.25, 0.3) is 26.9 Å². The molecule has 0 aliphatic rings. The summed E-state index contributed by atoms with van der Waals surface area (Å²) in [5.41, 5.74) is 9.72. The van der Waals surface area contributed by atoms with Gasteiger partial charge in [0.1, 0.15) is 5.01 Å². The minimum atomic E-state index is 0.743. The highest BCUT2D eigenvalue weighted by molar-refractivity contribution is 7.19. The van der Waals surface area contributed by atoms with Crippen molar-refractivity contribution in [2.75, 3.05) is 5.73 Å². The molecule has 0 spiro atoms. The molecule has 0 amide bonds. The van der Waals surface area contributed by atoms with Crippen molar-refractivity contribution in [2.24, 2.45) is 0 Å². The van der Waals surface area contributed by atoms with E-state index in [1.54, 1.807) is 4.52 Å². The molecule has 5 nitrogen and oxygen atoms in total. The number of nitrogens with zero attached hydrogens (tertiary/aromatic N) is 4. The van der Waals surface area contributed by atoms with Gasteiger partial charge < -0.3 is 5.73 Å². The van der Waals surface area contributed by atoms with Gasteiger partial charge in [0.2, 0.25) is 4.96 Å². The number of aromatic nitrogens is 4. The van der Waals surface area contributed by atoms with Gasteiger partial charge in [0.05, 0.1) is 0 Å². The van der Waals surface area contributed by atoms with Crippen molar-refractivity contribution in [2.45, 2.75) is 6.92 Å². The third-order valence-corrected chi connectivity index (χ3v) is 4.41. The molecule has 0 atom stereocenters. The molecule has 4 rings (SSSR count). The Morgan fingerprint density at radius 3 is 2.32 bits per heavy atom. The van der Waals surface area contributed by atoms with E-state index in [1.807, 2.05) is 36.4 Å². The summed E-state index contributed by atoms with van der Waals surface area (Å²) >= 11 is 1.51. The van der Waals surface area contributed by atoms with E-state index in [2.05, 4.69) is 34.4 Å². The zero-order valence-electron chi connectivity index (χ0n) is 11.9. The first kappa shape index (κ1) is 13.0. The van der Waals surface area contributed by atoms with Gasteiger partial charge in [-0.1, -0.05) is 41.2 Å². The molecule has 0 unspecified atom stereocenters. The van der Waals surface area contributed by atoms with Crippen LogP contribution >= 0.6 is 11.3 Å². The van der Waals surface area contributed by atoms with Crippen molar-refractivity contribution in [1.29, 1.82) is 0 Å². The van der Waals surface area contributed by atoms with E-state index in [9.17, 15) is 0 Å². The maximum atomic E-state index is 5.73. The number of benzene rings is 2. The summed E-state index contributed by atoms with van der Waals surface area (Å²) in [6, 6.07) is 15.9. The van der Waals surface area contributed by atoms with Crippen LogP contribution in [0.2, 0.25) is 0 Å². The van der Waals surface area contributed by atoms with Crippen molar-refractivity contribution in [1.82, 2.24) is 19.8 Å². The number of anilines is 1. The predicted octanol–water partition coefficient (Wildman–Crippen LogP) is 3.41. The minimum Gasteiger partial charge on any atom is -0.399 e. The Kier molecular flexibility index (Phi) is 2.90. The average Bonchev–Trinajstić information content (AvgIpc) is 3.09. The van der Waals surface area contributed by atoms with Gasteiger partial charge in [0.15, 0.2) is 5.82 Å². The summed E-state index contributed by atoms with van der Waals surface area (Å²) < 4.78 is 1.79. The summed E-state index contributed by atoms with van der Waals surface area (Å²) in [7, 11) is 0. The maximum absolute atomic E-state index is 5.73. The van der Waals surface area contributed by atoms with Gasteiger partial charge >= 0.3 is 0 Å². The van der Waals surface area contributed by atoms with E-state index in [0.717, 1.165) is 32.6 Å². The molecule has 2 aromatic carbocycles. The molecule has 108 valence electrons. The second-order valence-electron chi connectivity index (χ2n) is 5.11. The van der Waals surface area contributed by atoms with Gasteiger partial charge in [-0.25, -0.2) is 0 Å². The normalized spacial score (nSPS) is 11.1. The molecule has 4 aromatic rings. The van der Waals surface area contributed by atoms with E-state index >= 15 is 0 Å². The number of nitrogens with two attached hydrogens (primary N) is 1. The number of rotatable bonds is 2. The Balaban J connectivity index is 1.82. The van der Waals surface area contributed by atoms with E-state index in [4.69, 9.17) is 5.73 Å². The van der Waals surface area contributed by atoms with E-state index in [1.165, 1.54) is 16.9 Å². The number of aryl methyl sites for hydroxylation is 1. The molecule has 2 aromatic heterocycles. The van der Waals surface area contributed by atoms with Gasteiger partial charge in [0, 0.05) is 16.8 Å². The smallest absolute Gasteiger partial charge is 0.235 e. The van der Waals surface area contributed by atoms with Gasteiger partial charge in [-0.3, -0.25) is 0 Å². The lowest BCUT2D eigenvalue weighted by Crippen LogP contribution is -1.91. The quantitative estimate of drug-likeness (QED) is 0.576. The van der Waals surface area contributed by atoms with Crippen LogP contribution in [0.15, 0.2) is 48.5 Å². The van der Waals surface area contributed by atoms with Crippen molar-refractivity contribution in [3.63, 3.8) is 0 Å². The zero-order valence-corrected chi connectivity index (χ0v) is 12.7. The summed E-state index contributed by atoms with van der Waals surface area (Å²) in [5.74, 6) is 0.757. The molecular weight excluding hydrogens is 294 g/mol. The Labute approximate surface area is 131 Å². The summed E-state index contributed by atoms with van der Waals surface area (Å²) in [4.78, 5) is 0.780. The average molecular weight is 307 g/mol. The first-order chi connectivity index (χ1) is 10.7. The molecule has 0 bridgehead atoms. The van der Waals surface area contributed by atoms with Crippen molar-refractivity contribution in [3.05, 3.63) is 54.1 Å². The molecule has 2 heterocycles. The van der Waals surface area contributed by atoms with Crippen LogP contribution in [0.4, 0.5) is 5.69 Å². The molecule has 0 aliphatic heterocycles. The zero-order chi connectivity index (χ0) is 15.1. The molecule has 22 heavy (non-hydrogen) atoms. The Hall–Kier alpha value is -2.73. The highest BCUT2D eigenvalue weighted by Gasteiger charge is 2.14. The van der Waals surface area contributed by atoms with Gasteiger partial charge in [-0.15, -0.1) is 10.2 Å². The lowest BCUT2D eigenvalue weighted by Gasteiger charge is -1.98. The first-order valence-electron chi connectivity index (χ1n) is 6.86. The third kappa shape index (κ3) is 2.14. The lowest BCUT2D eigenvalue weighted by molar-refractivity contribution is 0.970. The Bertz CT molecular complexity index is 935. The second-order valence-corrected chi connectivity index (χ2v) is 6.07. The summed E-state index contributed by atoms with van der Waals surface area (Å²) in [6.45, 7) is 2.06. The van der Waals surface area contributed by atoms with Gasteiger partial charge in [0.25, 0.3) is 0 Å². The van der Waals surface area contributed by atoms with Crippen LogP contribution in [0.5, 0.6) is 0 Å². The number of nitrogen functional groups attached to an aromatic ring is 1. The monoisotopic (exact) mass is 307 g/mol. The van der Waals surface area contributed by atoms with Crippen LogP contribution < -0.4 is 5.73 Å². The summed E-state index contributed by atoms with van der Waals surface area (Å²) in [6.07, 6.45) is 0. The minimum absolute atomic E-state index is 0.743. The fourth-order valence-electron chi connectivity index (χ4n) is 2.24. The second kappa shape index (κ2) is 4.92. The standard InChI is InChI=1S/C16H13N5S/c1-10-2-4-11(5-3-10)14-18-19-16-21(14)20-15(22-16)12-6-8-13(17)9-7-12/h2-9H,17H2,1H3. The van der Waals surface area contributed by atoms with Crippen LogP contribution in [-0.2, 0) is 0 Å². The highest BCUT2D eigenvalue weighted by atomic mass is 32.1. The topological polar surface area (TPSA) is 69.1 Å². The SMILES string of the molecule is Cc1ccc(-c2nnc3sc(-c4ccc(N)cc4)nn23)cc1.